The van der Waals surface area contributed by atoms with E-state index in [1.165, 1.54) is 17.9 Å². The second-order valence-electron chi connectivity index (χ2n) is 14.5. The van der Waals surface area contributed by atoms with Crippen LogP contribution in [0, 0.1) is 11.3 Å². The summed E-state index contributed by atoms with van der Waals surface area (Å²) in [5, 5.41) is 4.59. The van der Waals surface area contributed by atoms with Gasteiger partial charge in [-0.05, 0) is 49.3 Å². The third kappa shape index (κ3) is 7.17. The van der Waals surface area contributed by atoms with Crippen LogP contribution in [-0.4, -0.2) is 90.3 Å². The molecule has 1 aromatic carbocycles. The van der Waals surface area contributed by atoms with Gasteiger partial charge >= 0.3 is 12.2 Å². The van der Waals surface area contributed by atoms with Gasteiger partial charge in [0, 0.05) is 24.3 Å². The highest BCUT2D eigenvalue weighted by Gasteiger charge is 2.62. The Morgan fingerprint density at radius 2 is 1.90 bits per heavy atom. The number of sulfonamides is 1. The first-order valence-electron chi connectivity index (χ1n) is 16.6. The lowest BCUT2D eigenvalue weighted by molar-refractivity contribution is -0.140. The normalized spacial score (nSPS) is 29.8. The first-order chi connectivity index (χ1) is 23.1. The summed E-state index contributed by atoms with van der Waals surface area (Å²) in [6, 6.07) is 3.54. The van der Waals surface area contributed by atoms with Crippen LogP contribution in [0.3, 0.4) is 0 Å². The fourth-order valence-electron chi connectivity index (χ4n) is 6.70. The summed E-state index contributed by atoms with van der Waals surface area (Å²) in [4.78, 5) is 70.0. The Labute approximate surface area is 285 Å². The Bertz CT molecular complexity index is 1720. The summed E-state index contributed by atoms with van der Waals surface area (Å²) in [6.07, 6.45) is 4.71. The highest BCUT2D eigenvalue weighted by molar-refractivity contribution is 7.91. The van der Waals surface area contributed by atoms with Gasteiger partial charge in [-0.2, -0.15) is 0 Å². The van der Waals surface area contributed by atoms with E-state index in [1.54, 1.807) is 4.90 Å². The molecule has 264 valence electrons. The van der Waals surface area contributed by atoms with Gasteiger partial charge in [0.05, 0.1) is 24.9 Å². The zero-order valence-corrected chi connectivity index (χ0v) is 28.7. The summed E-state index contributed by atoms with van der Waals surface area (Å²) >= 11 is 0. The molecule has 49 heavy (non-hydrogen) atoms. The fourth-order valence-corrected chi connectivity index (χ4v) is 8.06. The molecule has 14 nitrogen and oxygen atoms in total. The molecule has 1 saturated heterocycles. The number of benzene rings is 1. The molecule has 1 aromatic rings. The highest BCUT2D eigenvalue weighted by Crippen LogP contribution is 2.45. The maximum atomic E-state index is 13.9. The van der Waals surface area contributed by atoms with Gasteiger partial charge in [0.2, 0.25) is 21.8 Å². The molecule has 6 rings (SSSR count). The second kappa shape index (κ2) is 12.8. The molecule has 5 atom stereocenters. The number of hydrogen-bond acceptors (Lipinski definition) is 9. The number of carbonyl (C=O) groups excluding carboxylic acids is 5. The maximum absolute atomic E-state index is 13.9. The molecular formula is C34H43N5O9S. The van der Waals surface area contributed by atoms with Crippen LogP contribution in [0.25, 0.3) is 6.08 Å². The van der Waals surface area contributed by atoms with Crippen LogP contribution in [0.2, 0.25) is 0 Å². The molecule has 5 amide bonds. The molecule has 3 heterocycles. The molecule has 3 N–H and O–H groups in total. The Morgan fingerprint density at radius 1 is 1.14 bits per heavy atom. The number of nitrogens with zero attached hydrogens (tertiary/aromatic N) is 2. The monoisotopic (exact) mass is 697 g/mol. The lowest BCUT2D eigenvalue weighted by atomic mass is 9.90. The zero-order chi connectivity index (χ0) is 35.3. The Morgan fingerprint density at radius 3 is 2.59 bits per heavy atom. The lowest BCUT2D eigenvalue weighted by Crippen LogP contribution is -2.58. The van der Waals surface area contributed by atoms with Crippen molar-refractivity contribution in [1.82, 2.24) is 25.2 Å². The van der Waals surface area contributed by atoms with Gasteiger partial charge in [0.25, 0.3) is 5.91 Å². The molecule has 0 aromatic heterocycles. The van der Waals surface area contributed by atoms with Crippen LogP contribution in [0.4, 0.5) is 9.59 Å². The van der Waals surface area contributed by atoms with E-state index in [0.717, 1.165) is 16.7 Å². The minimum atomic E-state index is -3.90. The number of ether oxygens (including phenoxy) is 2. The average Bonchev–Trinajstić information content (AvgIpc) is 3.93. The molecular weight excluding hydrogens is 654 g/mol. The van der Waals surface area contributed by atoms with E-state index in [2.05, 4.69) is 21.9 Å². The predicted molar refractivity (Wildman–Crippen MR) is 177 cm³/mol. The van der Waals surface area contributed by atoms with Crippen LogP contribution in [0.15, 0.2) is 36.9 Å². The molecule has 2 aliphatic carbocycles. The van der Waals surface area contributed by atoms with Crippen molar-refractivity contribution in [3.63, 3.8) is 0 Å². The molecule has 0 unspecified atom stereocenters. The van der Waals surface area contributed by atoms with Crippen LogP contribution in [-0.2, 0) is 47.0 Å². The van der Waals surface area contributed by atoms with E-state index >= 15 is 0 Å². The van der Waals surface area contributed by atoms with Crippen molar-refractivity contribution in [2.75, 3.05) is 13.2 Å². The molecule has 15 heteroatoms. The minimum absolute atomic E-state index is 0.0784. The highest BCUT2D eigenvalue weighted by atomic mass is 32.2. The van der Waals surface area contributed by atoms with Crippen molar-refractivity contribution in [2.45, 2.75) is 94.9 Å². The van der Waals surface area contributed by atoms with Crippen molar-refractivity contribution >= 4 is 46.0 Å². The summed E-state index contributed by atoms with van der Waals surface area (Å²) in [7, 11) is -3.90. The summed E-state index contributed by atoms with van der Waals surface area (Å²) in [6.45, 7) is 9.67. The van der Waals surface area contributed by atoms with E-state index in [-0.39, 0.29) is 26.0 Å². The van der Waals surface area contributed by atoms with Crippen LogP contribution < -0.4 is 15.4 Å². The number of alkyl carbamates (subject to hydrolysis) is 1. The van der Waals surface area contributed by atoms with Crippen LogP contribution in [0.5, 0.6) is 0 Å². The van der Waals surface area contributed by atoms with Gasteiger partial charge in [0.1, 0.15) is 23.7 Å². The molecule has 2 saturated carbocycles. The van der Waals surface area contributed by atoms with Gasteiger partial charge in [-0.3, -0.25) is 24.0 Å². The quantitative estimate of drug-likeness (QED) is 0.376. The largest absolute Gasteiger partial charge is 0.449 e. The van der Waals surface area contributed by atoms with E-state index in [4.69, 9.17) is 9.47 Å². The first kappa shape index (κ1) is 34.5. The van der Waals surface area contributed by atoms with Crippen molar-refractivity contribution in [3.8, 4) is 0 Å². The van der Waals surface area contributed by atoms with Crippen molar-refractivity contribution in [1.29, 1.82) is 0 Å². The number of amides is 5. The SMILES string of the molecule is C=C[C@@H]1C[C@]1(NC(=O)[C@@H]1C[C@@H]2CN1C(=O)[C@H](C)NC(=O)OCC(C)(C)CC=Cc1cccc3c1CN(C3)C(=O)O2)C(=O)NS(=O)(=O)C1CC1. The van der Waals surface area contributed by atoms with Gasteiger partial charge < -0.3 is 25.0 Å². The number of fused-ring (bicyclic) bond motifs is 3. The average molecular weight is 698 g/mol. The fraction of sp³-hybridized carbons (Fsp3) is 0.559. The maximum Gasteiger partial charge on any atom is 0.410 e. The molecule has 4 bridgehead atoms. The van der Waals surface area contributed by atoms with Gasteiger partial charge in [-0.1, -0.05) is 50.3 Å². The summed E-state index contributed by atoms with van der Waals surface area (Å²) in [5.74, 6) is -2.75. The number of cyclic esters (lactones) is 1. The number of allylic oxidation sites excluding steroid dienone is 1. The Kier molecular flexibility index (Phi) is 9.01. The topological polar surface area (TPSA) is 181 Å². The van der Waals surface area contributed by atoms with Crippen LogP contribution in [0.1, 0.15) is 69.6 Å². The standard InChI is InChI=1S/C34H43N5O9S/c1-5-23-15-34(23,30(42)37-49(45,46)25-11-12-25)36-28(40)27-14-24-17-39(27)29(41)20(2)35-31(43)47-19-33(3,4)13-7-10-21-8-6-9-22-16-38(18-26(21)22)32(44)48-24/h5-10,20,23-25,27H,1,11-19H2,2-4H3,(H,35,43)(H,36,40)(H,37,42)/t20-,23+,24+,27-,34+/m0/s1. The molecule has 5 aliphatic rings. The number of carbonyl (C=O) groups is 5. The van der Waals surface area contributed by atoms with Gasteiger partial charge in [-0.25, -0.2) is 18.0 Å². The summed E-state index contributed by atoms with van der Waals surface area (Å²) < 4.78 is 38.6. The lowest BCUT2D eigenvalue weighted by Gasteiger charge is -2.29. The smallest absolute Gasteiger partial charge is 0.410 e. The zero-order valence-electron chi connectivity index (χ0n) is 27.9. The van der Waals surface area contributed by atoms with Crippen LogP contribution >= 0.6 is 0 Å². The van der Waals surface area contributed by atoms with E-state index in [1.807, 2.05) is 44.2 Å². The predicted octanol–water partition coefficient (Wildman–Crippen LogP) is 2.34. The van der Waals surface area contributed by atoms with Crippen molar-refractivity contribution in [3.05, 3.63) is 53.6 Å². The van der Waals surface area contributed by atoms with E-state index < -0.39 is 80.2 Å². The molecule has 3 aliphatic heterocycles. The summed E-state index contributed by atoms with van der Waals surface area (Å²) in [5.41, 5.74) is 0.947. The minimum Gasteiger partial charge on any atom is -0.449 e. The second-order valence-corrected chi connectivity index (χ2v) is 16.4. The number of hydrogen-bond donors (Lipinski definition) is 3. The Hall–Kier alpha value is -4.40. The third-order valence-electron chi connectivity index (χ3n) is 9.91. The molecule has 3 fully saturated rings. The molecule has 0 radical (unpaired) electrons. The number of nitrogens with one attached hydrogen (secondary N) is 3. The number of rotatable bonds is 6. The third-order valence-corrected chi connectivity index (χ3v) is 11.7. The van der Waals surface area contributed by atoms with Crippen molar-refractivity contribution < 1.29 is 41.9 Å². The van der Waals surface area contributed by atoms with Gasteiger partial charge in [-0.15, -0.1) is 6.58 Å². The van der Waals surface area contributed by atoms with E-state index in [0.29, 0.717) is 32.4 Å². The molecule has 0 spiro atoms. The van der Waals surface area contributed by atoms with E-state index in [9.17, 15) is 32.4 Å². The first-order valence-corrected chi connectivity index (χ1v) is 18.1. The van der Waals surface area contributed by atoms with Gasteiger partial charge in [0.15, 0.2) is 0 Å². The van der Waals surface area contributed by atoms with Crippen molar-refractivity contribution in [2.24, 2.45) is 11.3 Å². The Balaban J connectivity index is 1.24.